The van der Waals surface area contributed by atoms with Gasteiger partial charge in [0.15, 0.2) is 17.1 Å². The maximum Gasteiger partial charge on any atom is 0.196 e. The lowest BCUT2D eigenvalue weighted by Crippen LogP contribution is -2.52. The normalized spacial score (nSPS) is 18.1. The van der Waals surface area contributed by atoms with Crippen LogP contribution in [0.3, 0.4) is 0 Å². The van der Waals surface area contributed by atoms with Crippen molar-refractivity contribution in [3.63, 3.8) is 0 Å². The Kier molecular flexibility index (Phi) is 4.39. The molecule has 0 bridgehead atoms. The summed E-state index contributed by atoms with van der Waals surface area (Å²) < 4.78 is 5.65. The molecule has 2 aromatic carbocycles. The number of Topliss-reactive ketones (excluding diaryl/α,β-unsaturated/α-hetero) is 2. The third-order valence-electron chi connectivity index (χ3n) is 5.75. The number of hydrogen-bond acceptors (Lipinski definition) is 4. The van der Waals surface area contributed by atoms with Gasteiger partial charge < -0.3 is 4.74 Å². The van der Waals surface area contributed by atoms with E-state index in [9.17, 15) is 9.59 Å². The van der Waals surface area contributed by atoms with E-state index in [1.165, 1.54) is 0 Å². The Morgan fingerprint density at radius 3 is 2.22 bits per heavy atom. The molecule has 2 aliphatic carbocycles. The molecule has 4 nitrogen and oxygen atoms in total. The second-order valence-electron chi connectivity index (χ2n) is 7.89. The Morgan fingerprint density at radius 2 is 1.70 bits per heavy atom. The van der Waals surface area contributed by atoms with Crippen LogP contribution in [0.25, 0.3) is 0 Å². The molecule has 0 saturated heterocycles. The SMILES string of the molecule is COc1cc(C(C)C)ccc1C1(NCC2CC2)C(=O)c2ccccc2C1=O. The van der Waals surface area contributed by atoms with Gasteiger partial charge in [0.05, 0.1) is 7.11 Å². The molecule has 0 amide bonds. The lowest BCUT2D eigenvalue weighted by atomic mass is 9.82. The van der Waals surface area contributed by atoms with E-state index in [-0.39, 0.29) is 11.6 Å². The number of benzene rings is 2. The number of ketones is 2. The summed E-state index contributed by atoms with van der Waals surface area (Å²) in [5.41, 5.74) is 1.30. The highest BCUT2D eigenvalue weighted by Gasteiger charge is 2.55. The average Bonchev–Trinajstić information content (AvgIpc) is 3.49. The van der Waals surface area contributed by atoms with Crippen LogP contribution in [-0.2, 0) is 5.54 Å². The molecule has 1 N–H and O–H groups in total. The average molecular weight is 363 g/mol. The number of ether oxygens (including phenoxy) is 1. The van der Waals surface area contributed by atoms with Gasteiger partial charge in [-0.25, -0.2) is 0 Å². The number of hydrogen-bond donors (Lipinski definition) is 1. The highest BCUT2D eigenvalue weighted by atomic mass is 16.5. The van der Waals surface area contributed by atoms with Gasteiger partial charge in [-0.3, -0.25) is 14.9 Å². The first-order chi connectivity index (χ1) is 13.0. The van der Waals surface area contributed by atoms with Crippen LogP contribution in [0.1, 0.15) is 64.4 Å². The van der Waals surface area contributed by atoms with Gasteiger partial charge in [-0.15, -0.1) is 0 Å². The van der Waals surface area contributed by atoms with Gasteiger partial charge in [-0.2, -0.15) is 0 Å². The van der Waals surface area contributed by atoms with Crippen LogP contribution in [0.15, 0.2) is 42.5 Å². The molecule has 4 rings (SSSR count). The summed E-state index contributed by atoms with van der Waals surface area (Å²) in [4.78, 5) is 27.0. The number of fused-ring (bicyclic) bond motifs is 1. The largest absolute Gasteiger partial charge is 0.496 e. The molecular formula is C23H25NO3. The molecule has 140 valence electrons. The van der Waals surface area contributed by atoms with Gasteiger partial charge in [-0.05, 0) is 42.9 Å². The van der Waals surface area contributed by atoms with Gasteiger partial charge >= 0.3 is 0 Å². The fourth-order valence-electron chi connectivity index (χ4n) is 3.88. The van der Waals surface area contributed by atoms with Crippen molar-refractivity contribution in [3.8, 4) is 5.75 Å². The quantitative estimate of drug-likeness (QED) is 0.786. The fraction of sp³-hybridized carbons (Fsp3) is 0.391. The first kappa shape index (κ1) is 17.9. The van der Waals surface area contributed by atoms with E-state index in [0.29, 0.717) is 40.8 Å². The third kappa shape index (κ3) is 2.79. The van der Waals surface area contributed by atoms with E-state index < -0.39 is 5.54 Å². The topological polar surface area (TPSA) is 55.4 Å². The predicted octanol–water partition coefficient (Wildman–Crippen LogP) is 4.09. The Morgan fingerprint density at radius 1 is 1.07 bits per heavy atom. The Hall–Kier alpha value is -2.46. The van der Waals surface area contributed by atoms with E-state index in [0.717, 1.165) is 18.4 Å². The summed E-state index contributed by atoms with van der Waals surface area (Å²) in [6, 6.07) is 12.9. The minimum atomic E-state index is -1.40. The van der Waals surface area contributed by atoms with Gasteiger partial charge in [-0.1, -0.05) is 50.2 Å². The van der Waals surface area contributed by atoms with Crippen molar-refractivity contribution in [2.75, 3.05) is 13.7 Å². The monoisotopic (exact) mass is 363 g/mol. The lowest BCUT2D eigenvalue weighted by Gasteiger charge is -2.30. The van der Waals surface area contributed by atoms with E-state index in [1.54, 1.807) is 31.4 Å². The van der Waals surface area contributed by atoms with Crippen LogP contribution in [0, 0.1) is 5.92 Å². The van der Waals surface area contributed by atoms with Gasteiger partial charge in [0.2, 0.25) is 0 Å². The van der Waals surface area contributed by atoms with Crippen molar-refractivity contribution >= 4 is 11.6 Å². The molecule has 0 unspecified atom stereocenters. The zero-order valence-electron chi connectivity index (χ0n) is 16.0. The summed E-state index contributed by atoms with van der Waals surface area (Å²) in [5.74, 6) is 1.08. The van der Waals surface area contributed by atoms with Crippen molar-refractivity contribution in [2.24, 2.45) is 5.92 Å². The molecule has 0 heterocycles. The van der Waals surface area contributed by atoms with Crippen molar-refractivity contribution in [1.29, 1.82) is 0 Å². The molecular weight excluding hydrogens is 338 g/mol. The molecule has 1 fully saturated rings. The molecule has 0 radical (unpaired) electrons. The van der Waals surface area contributed by atoms with Gasteiger partial charge in [0.1, 0.15) is 5.75 Å². The summed E-state index contributed by atoms with van der Waals surface area (Å²) in [5, 5.41) is 3.36. The number of carbonyl (C=O) groups is 2. The maximum absolute atomic E-state index is 13.5. The van der Waals surface area contributed by atoms with Crippen LogP contribution in [0.5, 0.6) is 5.75 Å². The zero-order chi connectivity index (χ0) is 19.2. The number of nitrogens with one attached hydrogen (secondary N) is 1. The molecule has 27 heavy (non-hydrogen) atoms. The third-order valence-corrected chi connectivity index (χ3v) is 5.75. The smallest absolute Gasteiger partial charge is 0.196 e. The van der Waals surface area contributed by atoms with E-state index in [2.05, 4.69) is 19.2 Å². The minimum Gasteiger partial charge on any atom is -0.496 e. The molecule has 0 atom stereocenters. The minimum absolute atomic E-state index is 0.181. The van der Waals surface area contributed by atoms with Crippen LogP contribution in [-0.4, -0.2) is 25.2 Å². The first-order valence-corrected chi connectivity index (χ1v) is 9.61. The second kappa shape index (κ2) is 6.61. The summed E-state index contributed by atoms with van der Waals surface area (Å²) >= 11 is 0. The Balaban J connectivity index is 1.88. The van der Waals surface area contributed by atoms with Gasteiger partial charge in [0.25, 0.3) is 0 Å². The lowest BCUT2D eigenvalue weighted by molar-refractivity contribution is 0.0750. The standard InChI is InChI=1S/C23H25NO3/c1-14(2)16-10-11-19(20(12-16)27-3)23(24-13-15-8-9-15)21(25)17-6-4-5-7-18(17)22(23)26/h4-7,10-12,14-15,24H,8-9,13H2,1-3H3. The number of carbonyl (C=O) groups excluding carboxylic acids is 2. The van der Waals surface area contributed by atoms with Crippen molar-refractivity contribution < 1.29 is 14.3 Å². The fourth-order valence-corrected chi connectivity index (χ4v) is 3.88. The molecule has 2 aromatic rings. The van der Waals surface area contributed by atoms with Crippen molar-refractivity contribution in [1.82, 2.24) is 5.32 Å². The van der Waals surface area contributed by atoms with E-state index in [1.807, 2.05) is 18.2 Å². The Labute approximate surface area is 159 Å². The maximum atomic E-state index is 13.5. The van der Waals surface area contributed by atoms with Crippen LogP contribution >= 0.6 is 0 Å². The van der Waals surface area contributed by atoms with Crippen molar-refractivity contribution in [2.45, 2.75) is 38.1 Å². The first-order valence-electron chi connectivity index (χ1n) is 9.61. The number of methoxy groups -OCH3 is 1. The van der Waals surface area contributed by atoms with Gasteiger partial charge in [0, 0.05) is 16.7 Å². The Bertz CT molecular complexity index is 877. The highest BCUT2D eigenvalue weighted by Crippen LogP contribution is 2.43. The number of rotatable bonds is 6. The molecule has 0 aliphatic heterocycles. The molecule has 4 heteroatoms. The molecule has 1 saturated carbocycles. The molecule has 0 spiro atoms. The van der Waals surface area contributed by atoms with Crippen LogP contribution < -0.4 is 10.1 Å². The van der Waals surface area contributed by atoms with E-state index in [4.69, 9.17) is 4.74 Å². The van der Waals surface area contributed by atoms with Crippen LogP contribution in [0.2, 0.25) is 0 Å². The van der Waals surface area contributed by atoms with Crippen molar-refractivity contribution in [3.05, 3.63) is 64.7 Å². The summed E-state index contributed by atoms with van der Waals surface area (Å²) in [7, 11) is 1.59. The predicted molar refractivity (Wildman–Crippen MR) is 105 cm³/mol. The second-order valence-corrected chi connectivity index (χ2v) is 7.89. The highest BCUT2D eigenvalue weighted by molar-refractivity contribution is 6.33. The summed E-state index contributed by atoms with van der Waals surface area (Å²) in [6.07, 6.45) is 2.28. The zero-order valence-corrected chi connectivity index (χ0v) is 16.0. The van der Waals surface area contributed by atoms with E-state index >= 15 is 0 Å². The molecule has 0 aromatic heterocycles. The summed E-state index contributed by atoms with van der Waals surface area (Å²) in [6.45, 7) is 4.87. The van der Waals surface area contributed by atoms with Crippen LogP contribution in [0.4, 0.5) is 0 Å². The molecule has 2 aliphatic rings.